The molecule has 0 bridgehead atoms. The number of carbonyl (C=O) groups is 1. The molecule has 2 aliphatic heterocycles. The van der Waals surface area contributed by atoms with Gasteiger partial charge in [0.1, 0.15) is 24.4 Å². The van der Waals surface area contributed by atoms with E-state index in [4.69, 9.17) is 23.5 Å². The molecule has 0 spiro atoms. The summed E-state index contributed by atoms with van der Waals surface area (Å²) < 4.78 is 93.2. The van der Waals surface area contributed by atoms with Gasteiger partial charge in [-0.25, -0.2) is 13.2 Å². The first-order valence-electron chi connectivity index (χ1n) is 12.2. The van der Waals surface area contributed by atoms with Crippen LogP contribution in [0.1, 0.15) is 46.0 Å². The lowest BCUT2D eigenvalue weighted by Gasteiger charge is -2.46. The number of aliphatic carboxylic acids is 1. The minimum absolute atomic E-state index is 0.0212. The van der Waals surface area contributed by atoms with E-state index in [1.165, 1.54) is 6.92 Å². The van der Waals surface area contributed by atoms with Crippen LogP contribution in [0, 0.1) is 5.92 Å². The lowest BCUT2D eigenvalue weighted by molar-refractivity contribution is -0.343. The standard InChI is InChI=1S/C20H36O17S2/c1-3-4-5-6-7-8-32-20-16(37-39(29,30)31)14(23)15(17(36-20)18(24)25)35-19-10(2)12(21)13(22)11(34-19)9-33-38(26,27)28/h10-17,19-23H,3-9H2,1-2H3,(H,24,25)(H,26,27,28)(H,29,30,31). The van der Waals surface area contributed by atoms with Crippen molar-refractivity contribution in [1.29, 1.82) is 0 Å². The zero-order chi connectivity index (χ0) is 29.5. The highest BCUT2D eigenvalue weighted by Gasteiger charge is 2.54. The number of aliphatic hydroxyl groups excluding tert-OH is 3. The van der Waals surface area contributed by atoms with Crippen LogP contribution in [-0.2, 0) is 52.9 Å². The smallest absolute Gasteiger partial charge is 0.397 e. The number of hydrogen-bond acceptors (Lipinski definition) is 14. The predicted molar refractivity (Wildman–Crippen MR) is 126 cm³/mol. The second kappa shape index (κ2) is 14.7. The molecule has 2 aliphatic rings. The Kier molecular flexibility index (Phi) is 12.9. The Labute approximate surface area is 225 Å². The average Bonchev–Trinajstić information content (AvgIpc) is 2.82. The van der Waals surface area contributed by atoms with E-state index in [1.54, 1.807) is 0 Å². The molecule has 2 heterocycles. The molecule has 0 aromatic heterocycles. The van der Waals surface area contributed by atoms with Gasteiger partial charge in [0.25, 0.3) is 0 Å². The Bertz CT molecular complexity index is 988. The number of aliphatic hydroxyl groups is 3. The summed E-state index contributed by atoms with van der Waals surface area (Å²) in [5.74, 6) is -2.79. The van der Waals surface area contributed by atoms with Crippen LogP contribution < -0.4 is 0 Å². The molecule has 0 aliphatic carbocycles. The SMILES string of the molecule is CCCCCCCOC1OC(C(=O)O)C(OC2OC(COS(=O)(=O)O)C(O)C(O)C2C)C(O)C1OS(=O)(=O)O. The first-order chi connectivity index (χ1) is 18.1. The minimum Gasteiger partial charge on any atom is -0.479 e. The summed E-state index contributed by atoms with van der Waals surface area (Å²) in [7, 11) is -10.2. The van der Waals surface area contributed by atoms with Gasteiger partial charge < -0.3 is 39.4 Å². The number of rotatable bonds is 15. The van der Waals surface area contributed by atoms with Gasteiger partial charge in [0.05, 0.1) is 12.7 Å². The molecule has 39 heavy (non-hydrogen) atoms. The van der Waals surface area contributed by atoms with Crippen molar-refractivity contribution in [2.45, 2.75) is 101 Å². The van der Waals surface area contributed by atoms with Crippen LogP contribution in [0.5, 0.6) is 0 Å². The zero-order valence-electron chi connectivity index (χ0n) is 21.2. The molecule has 0 aromatic rings. The quantitative estimate of drug-likeness (QED) is 0.0919. The largest absolute Gasteiger partial charge is 0.479 e. The van der Waals surface area contributed by atoms with Gasteiger partial charge in [-0.15, -0.1) is 0 Å². The summed E-state index contributed by atoms with van der Waals surface area (Å²) in [5, 5.41) is 41.2. The maximum absolute atomic E-state index is 12.0. The summed E-state index contributed by atoms with van der Waals surface area (Å²) in [6, 6.07) is 0. The molecule has 0 aromatic carbocycles. The fraction of sp³-hybridized carbons (Fsp3) is 0.950. The van der Waals surface area contributed by atoms with Crippen molar-refractivity contribution in [3.63, 3.8) is 0 Å². The summed E-state index contributed by atoms with van der Waals surface area (Å²) in [5.41, 5.74) is 0. The van der Waals surface area contributed by atoms with Gasteiger partial charge in [0, 0.05) is 12.5 Å². The fourth-order valence-electron chi connectivity index (χ4n) is 4.13. The van der Waals surface area contributed by atoms with E-state index in [9.17, 15) is 46.6 Å². The third-order valence-electron chi connectivity index (χ3n) is 6.21. The molecule has 19 heteroatoms. The predicted octanol–water partition coefficient (Wildman–Crippen LogP) is -1.38. The molecule has 2 saturated heterocycles. The van der Waals surface area contributed by atoms with Crippen molar-refractivity contribution < 1.29 is 78.5 Å². The molecule has 0 amide bonds. The average molecular weight is 613 g/mol. The summed E-state index contributed by atoms with van der Waals surface area (Å²) in [4.78, 5) is 12.0. The summed E-state index contributed by atoms with van der Waals surface area (Å²) >= 11 is 0. The Morgan fingerprint density at radius 2 is 1.49 bits per heavy atom. The minimum atomic E-state index is -5.21. The first-order valence-corrected chi connectivity index (χ1v) is 14.9. The zero-order valence-corrected chi connectivity index (χ0v) is 22.8. The highest BCUT2D eigenvalue weighted by Crippen LogP contribution is 2.33. The van der Waals surface area contributed by atoms with Crippen molar-refractivity contribution in [2.24, 2.45) is 5.92 Å². The molecular weight excluding hydrogens is 576 g/mol. The van der Waals surface area contributed by atoms with Crippen LogP contribution in [0.25, 0.3) is 0 Å². The van der Waals surface area contributed by atoms with E-state index < -0.39 is 94.6 Å². The van der Waals surface area contributed by atoms with Gasteiger partial charge >= 0.3 is 26.8 Å². The molecule has 6 N–H and O–H groups in total. The van der Waals surface area contributed by atoms with Crippen molar-refractivity contribution in [3.8, 4) is 0 Å². The lowest BCUT2D eigenvalue weighted by Crippen LogP contribution is -2.64. The van der Waals surface area contributed by atoms with E-state index in [0.29, 0.717) is 6.42 Å². The molecule has 0 saturated carbocycles. The molecule has 2 fully saturated rings. The van der Waals surface area contributed by atoms with E-state index in [1.807, 2.05) is 6.92 Å². The Morgan fingerprint density at radius 3 is 2.05 bits per heavy atom. The van der Waals surface area contributed by atoms with Crippen molar-refractivity contribution in [3.05, 3.63) is 0 Å². The molecule has 2 rings (SSSR count). The maximum atomic E-state index is 12.0. The monoisotopic (exact) mass is 612 g/mol. The van der Waals surface area contributed by atoms with Gasteiger partial charge in [0.2, 0.25) is 0 Å². The van der Waals surface area contributed by atoms with Crippen LogP contribution in [-0.4, -0.2) is 121 Å². The normalized spacial score (nSPS) is 36.1. The van der Waals surface area contributed by atoms with Crippen molar-refractivity contribution in [2.75, 3.05) is 13.2 Å². The van der Waals surface area contributed by atoms with Crippen molar-refractivity contribution >= 4 is 26.8 Å². The second-order valence-corrected chi connectivity index (χ2v) is 11.4. The third kappa shape index (κ3) is 10.4. The number of carboxylic acids is 1. The van der Waals surface area contributed by atoms with Crippen LogP contribution in [0.4, 0.5) is 0 Å². The van der Waals surface area contributed by atoms with Gasteiger partial charge in [-0.05, 0) is 6.42 Å². The molecule has 0 radical (unpaired) electrons. The lowest BCUT2D eigenvalue weighted by atomic mass is 9.92. The number of unbranched alkanes of at least 4 members (excludes halogenated alkanes) is 4. The Balaban J connectivity index is 2.24. The number of hydrogen-bond donors (Lipinski definition) is 6. The highest BCUT2D eigenvalue weighted by molar-refractivity contribution is 7.81. The highest BCUT2D eigenvalue weighted by atomic mass is 32.3. The first kappa shape index (κ1) is 34.1. The van der Waals surface area contributed by atoms with Crippen LogP contribution in [0.15, 0.2) is 0 Å². The molecule has 17 nitrogen and oxygen atoms in total. The molecular formula is C20H36O17S2. The van der Waals surface area contributed by atoms with Gasteiger partial charge in [-0.3, -0.25) is 9.11 Å². The van der Waals surface area contributed by atoms with E-state index in [0.717, 1.165) is 25.7 Å². The van der Waals surface area contributed by atoms with Crippen molar-refractivity contribution in [1.82, 2.24) is 0 Å². The third-order valence-corrected chi connectivity index (χ3v) is 7.11. The van der Waals surface area contributed by atoms with Gasteiger partial charge in [-0.1, -0.05) is 39.5 Å². The van der Waals surface area contributed by atoms with Crippen LogP contribution in [0.3, 0.4) is 0 Å². The van der Waals surface area contributed by atoms with Gasteiger partial charge in [0.15, 0.2) is 24.8 Å². The maximum Gasteiger partial charge on any atom is 0.397 e. The van der Waals surface area contributed by atoms with E-state index >= 15 is 0 Å². The van der Waals surface area contributed by atoms with E-state index in [-0.39, 0.29) is 6.61 Å². The molecule has 230 valence electrons. The summed E-state index contributed by atoms with van der Waals surface area (Å²) in [6.45, 7) is 2.33. The van der Waals surface area contributed by atoms with Crippen LogP contribution in [0.2, 0.25) is 0 Å². The van der Waals surface area contributed by atoms with Gasteiger partial charge in [-0.2, -0.15) is 16.8 Å². The fourth-order valence-corrected chi connectivity index (χ4v) is 4.92. The topological polar surface area (TPSA) is 262 Å². The molecule has 10 unspecified atom stereocenters. The molecule has 10 atom stereocenters. The number of carboxylic acid groups (broad SMARTS) is 1. The van der Waals surface area contributed by atoms with Crippen LogP contribution >= 0.6 is 0 Å². The number of ether oxygens (including phenoxy) is 4. The van der Waals surface area contributed by atoms with E-state index in [2.05, 4.69) is 8.37 Å². The Hall–Kier alpha value is -1.07. The second-order valence-electron chi connectivity index (χ2n) is 9.22. The Morgan fingerprint density at radius 1 is 0.846 bits per heavy atom. The summed E-state index contributed by atoms with van der Waals surface area (Å²) in [6.07, 6.45) is -12.4.